The number of hydrogen-bond donors (Lipinski definition) is 3. The lowest BCUT2D eigenvalue weighted by molar-refractivity contribution is -0.125. The first-order chi connectivity index (χ1) is 10.6. The van der Waals surface area contributed by atoms with Gasteiger partial charge in [-0.3, -0.25) is 9.59 Å². The van der Waals surface area contributed by atoms with Gasteiger partial charge in [0.2, 0.25) is 5.91 Å². The molecule has 22 heavy (non-hydrogen) atoms. The predicted molar refractivity (Wildman–Crippen MR) is 86.7 cm³/mol. The molecular formula is C16H22ClN3O2. The summed E-state index contributed by atoms with van der Waals surface area (Å²) >= 11 is 5.96. The molecule has 5 nitrogen and oxygen atoms in total. The molecular weight excluding hydrogens is 302 g/mol. The quantitative estimate of drug-likeness (QED) is 0.695. The van der Waals surface area contributed by atoms with E-state index in [4.69, 9.17) is 17.3 Å². The van der Waals surface area contributed by atoms with E-state index in [-0.39, 0.29) is 23.7 Å². The molecule has 2 rings (SSSR count). The van der Waals surface area contributed by atoms with Crippen molar-refractivity contribution in [3.63, 3.8) is 0 Å². The maximum atomic E-state index is 12.1. The Morgan fingerprint density at radius 3 is 2.64 bits per heavy atom. The number of hydrogen-bond acceptors (Lipinski definition) is 3. The number of rotatable bonds is 6. The van der Waals surface area contributed by atoms with Crippen molar-refractivity contribution in [1.82, 2.24) is 10.6 Å². The first kappa shape index (κ1) is 16.8. The van der Waals surface area contributed by atoms with Crippen LogP contribution in [0, 0.1) is 11.8 Å². The summed E-state index contributed by atoms with van der Waals surface area (Å²) in [5, 5.41) is 6.03. The molecule has 120 valence electrons. The number of carbonyl (C=O) groups excluding carboxylic acids is 2. The molecule has 0 radical (unpaired) electrons. The van der Waals surface area contributed by atoms with Gasteiger partial charge in [0.05, 0.1) is 10.6 Å². The number of carbonyl (C=O) groups is 2. The van der Waals surface area contributed by atoms with E-state index >= 15 is 0 Å². The van der Waals surface area contributed by atoms with Crippen LogP contribution in [0.5, 0.6) is 0 Å². The molecule has 0 saturated heterocycles. The van der Waals surface area contributed by atoms with Gasteiger partial charge in [0, 0.05) is 19.0 Å². The van der Waals surface area contributed by atoms with E-state index in [0.29, 0.717) is 30.2 Å². The first-order valence-corrected chi connectivity index (χ1v) is 8.01. The zero-order valence-electron chi connectivity index (χ0n) is 12.5. The zero-order chi connectivity index (χ0) is 15.9. The zero-order valence-corrected chi connectivity index (χ0v) is 13.2. The van der Waals surface area contributed by atoms with Crippen molar-refractivity contribution >= 4 is 23.4 Å². The predicted octanol–water partition coefficient (Wildman–Crippen LogP) is 1.56. The van der Waals surface area contributed by atoms with Crippen LogP contribution in [0.4, 0.5) is 0 Å². The second-order valence-electron chi connectivity index (χ2n) is 5.56. The normalized spacial score (nSPS) is 20.6. The Bertz CT molecular complexity index is 536. The molecule has 0 aromatic heterocycles. The van der Waals surface area contributed by atoms with Gasteiger partial charge in [-0.2, -0.15) is 0 Å². The van der Waals surface area contributed by atoms with E-state index in [9.17, 15) is 9.59 Å². The third-order valence-electron chi connectivity index (χ3n) is 4.13. The molecule has 0 bridgehead atoms. The third-order valence-corrected chi connectivity index (χ3v) is 4.46. The number of benzene rings is 1. The molecule has 4 N–H and O–H groups in total. The standard InChI is InChI=1S/C16H22ClN3O2/c17-14-7-2-1-5-13(14)16(22)20-9-8-19-15(21)12-6-3-4-11(12)10-18/h1-2,5,7,11-12H,3-4,6,8-10,18H2,(H,19,21)(H,20,22)/t11-,12-/m1/s1. The van der Waals surface area contributed by atoms with Crippen molar-refractivity contribution in [1.29, 1.82) is 0 Å². The van der Waals surface area contributed by atoms with E-state index in [2.05, 4.69) is 10.6 Å². The maximum absolute atomic E-state index is 12.1. The van der Waals surface area contributed by atoms with Crippen molar-refractivity contribution in [3.8, 4) is 0 Å². The van der Waals surface area contributed by atoms with Crippen molar-refractivity contribution in [2.24, 2.45) is 17.6 Å². The summed E-state index contributed by atoms with van der Waals surface area (Å²) in [6, 6.07) is 6.87. The van der Waals surface area contributed by atoms with E-state index in [0.717, 1.165) is 19.3 Å². The Kier molecular flexibility index (Phi) is 6.21. The van der Waals surface area contributed by atoms with Crippen LogP contribution < -0.4 is 16.4 Å². The molecule has 0 aliphatic heterocycles. The Morgan fingerprint density at radius 2 is 1.91 bits per heavy atom. The van der Waals surface area contributed by atoms with Crippen LogP contribution in [0.15, 0.2) is 24.3 Å². The Balaban J connectivity index is 1.72. The topological polar surface area (TPSA) is 84.2 Å². The maximum Gasteiger partial charge on any atom is 0.252 e. The fraction of sp³-hybridized carbons (Fsp3) is 0.500. The van der Waals surface area contributed by atoms with Crippen LogP contribution in [-0.4, -0.2) is 31.4 Å². The summed E-state index contributed by atoms with van der Waals surface area (Å²) in [5.41, 5.74) is 6.12. The molecule has 0 heterocycles. The minimum atomic E-state index is -0.236. The number of amides is 2. The van der Waals surface area contributed by atoms with Gasteiger partial charge in [0.1, 0.15) is 0 Å². The lowest BCUT2D eigenvalue weighted by Gasteiger charge is -2.17. The number of halogens is 1. The summed E-state index contributed by atoms with van der Waals surface area (Å²) in [6.45, 7) is 1.33. The highest BCUT2D eigenvalue weighted by Gasteiger charge is 2.31. The minimum absolute atomic E-state index is 0.0178. The highest BCUT2D eigenvalue weighted by Crippen LogP contribution is 2.30. The van der Waals surface area contributed by atoms with Gasteiger partial charge in [-0.25, -0.2) is 0 Å². The van der Waals surface area contributed by atoms with Crippen LogP contribution in [0.2, 0.25) is 5.02 Å². The fourth-order valence-electron chi connectivity index (χ4n) is 2.90. The average molecular weight is 324 g/mol. The van der Waals surface area contributed by atoms with Crippen LogP contribution >= 0.6 is 11.6 Å². The van der Waals surface area contributed by atoms with E-state index < -0.39 is 0 Å². The van der Waals surface area contributed by atoms with E-state index in [1.165, 1.54) is 0 Å². The molecule has 1 aliphatic rings. The summed E-state index contributed by atoms with van der Waals surface area (Å²) in [7, 11) is 0. The molecule has 1 fully saturated rings. The number of nitrogens with two attached hydrogens (primary N) is 1. The van der Waals surface area contributed by atoms with E-state index in [1.807, 2.05) is 0 Å². The van der Waals surface area contributed by atoms with Gasteiger partial charge < -0.3 is 16.4 Å². The highest BCUT2D eigenvalue weighted by molar-refractivity contribution is 6.33. The summed E-state index contributed by atoms with van der Waals surface area (Å²) in [4.78, 5) is 24.0. The molecule has 1 aromatic rings. The Labute approximate surface area is 135 Å². The fourth-order valence-corrected chi connectivity index (χ4v) is 3.12. The summed E-state index contributed by atoms with van der Waals surface area (Å²) in [5.74, 6) is 0.113. The second-order valence-corrected chi connectivity index (χ2v) is 5.97. The molecule has 2 amide bonds. The highest BCUT2D eigenvalue weighted by atomic mass is 35.5. The van der Waals surface area contributed by atoms with Gasteiger partial charge in [-0.1, -0.05) is 30.2 Å². The number of nitrogens with one attached hydrogen (secondary N) is 2. The van der Waals surface area contributed by atoms with Gasteiger partial charge in [-0.05, 0) is 37.4 Å². The minimum Gasteiger partial charge on any atom is -0.354 e. The third kappa shape index (κ3) is 4.21. The van der Waals surface area contributed by atoms with Crippen LogP contribution in [0.25, 0.3) is 0 Å². The van der Waals surface area contributed by atoms with E-state index in [1.54, 1.807) is 24.3 Å². The van der Waals surface area contributed by atoms with Crippen LogP contribution in [0.1, 0.15) is 29.6 Å². The lowest BCUT2D eigenvalue weighted by Crippen LogP contribution is -2.39. The van der Waals surface area contributed by atoms with Gasteiger partial charge in [-0.15, -0.1) is 0 Å². The van der Waals surface area contributed by atoms with Crippen molar-refractivity contribution in [3.05, 3.63) is 34.9 Å². The molecule has 0 unspecified atom stereocenters. The second kappa shape index (κ2) is 8.15. The Hall–Kier alpha value is -1.59. The van der Waals surface area contributed by atoms with Crippen LogP contribution in [-0.2, 0) is 4.79 Å². The average Bonchev–Trinajstić information content (AvgIpc) is 3.00. The SMILES string of the molecule is NC[C@H]1CCC[C@H]1C(=O)NCCNC(=O)c1ccccc1Cl. The largest absolute Gasteiger partial charge is 0.354 e. The molecule has 2 atom stereocenters. The van der Waals surface area contributed by atoms with Crippen molar-refractivity contribution in [2.75, 3.05) is 19.6 Å². The molecule has 6 heteroatoms. The summed E-state index contributed by atoms with van der Waals surface area (Å²) < 4.78 is 0. The monoisotopic (exact) mass is 323 g/mol. The van der Waals surface area contributed by atoms with Crippen LogP contribution in [0.3, 0.4) is 0 Å². The Morgan fingerprint density at radius 1 is 1.18 bits per heavy atom. The molecule has 1 aromatic carbocycles. The smallest absolute Gasteiger partial charge is 0.252 e. The first-order valence-electron chi connectivity index (χ1n) is 7.64. The van der Waals surface area contributed by atoms with Gasteiger partial charge >= 0.3 is 0 Å². The summed E-state index contributed by atoms with van der Waals surface area (Å²) in [6.07, 6.45) is 2.99. The molecule has 1 aliphatic carbocycles. The lowest BCUT2D eigenvalue weighted by atomic mass is 9.95. The molecule has 0 spiro atoms. The van der Waals surface area contributed by atoms with Crippen molar-refractivity contribution in [2.45, 2.75) is 19.3 Å². The van der Waals surface area contributed by atoms with Gasteiger partial charge in [0.25, 0.3) is 5.91 Å². The molecule has 1 saturated carbocycles. The van der Waals surface area contributed by atoms with Gasteiger partial charge in [0.15, 0.2) is 0 Å². The van der Waals surface area contributed by atoms with Crippen molar-refractivity contribution < 1.29 is 9.59 Å².